The predicted molar refractivity (Wildman–Crippen MR) is 81.9 cm³/mol. The Morgan fingerprint density at radius 3 is 2.48 bits per heavy atom. The van der Waals surface area contributed by atoms with E-state index in [9.17, 15) is 9.18 Å². The lowest BCUT2D eigenvalue weighted by Gasteiger charge is -2.30. The fraction of sp³-hybridized carbons (Fsp3) is 0.611. The van der Waals surface area contributed by atoms with Crippen molar-refractivity contribution in [3.8, 4) is 5.75 Å². The number of ether oxygens (including phenoxy) is 1. The van der Waals surface area contributed by atoms with E-state index in [1.807, 2.05) is 0 Å². The molecule has 0 heterocycles. The summed E-state index contributed by atoms with van der Waals surface area (Å²) in [5.41, 5.74) is 0.740. The molecule has 0 spiro atoms. The van der Waals surface area contributed by atoms with Gasteiger partial charge in [-0.25, -0.2) is 4.39 Å². The Balaban J connectivity index is 1.92. The first kappa shape index (κ1) is 16.0. The van der Waals surface area contributed by atoms with Crippen LogP contribution in [0.4, 0.5) is 4.39 Å². The Morgan fingerprint density at radius 1 is 1.29 bits per heavy atom. The molecule has 1 aliphatic carbocycles. The average molecular weight is 292 g/mol. The van der Waals surface area contributed by atoms with Crippen molar-refractivity contribution >= 4 is 5.78 Å². The Labute approximate surface area is 126 Å². The fourth-order valence-corrected chi connectivity index (χ4v) is 3.27. The Morgan fingerprint density at radius 2 is 1.95 bits per heavy atom. The molecule has 116 valence electrons. The summed E-state index contributed by atoms with van der Waals surface area (Å²) < 4.78 is 18.5. The smallest absolute Gasteiger partial charge is 0.165 e. The molecular formula is C18H25FO2. The van der Waals surface area contributed by atoms with E-state index in [2.05, 4.69) is 13.8 Å². The maximum atomic E-state index is 13.6. The van der Waals surface area contributed by atoms with Gasteiger partial charge in [-0.2, -0.15) is 0 Å². The van der Waals surface area contributed by atoms with Gasteiger partial charge < -0.3 is 4.74 Å². The SMILES string of the molecule is COc1ccc(CC(=O)C2CCC(C(C)C)CC2)cc1F. The van der Waals surface area contributed by atoms with Crippen LogP contribution < -0.4 is 4.74 Å². The third-order valence-electron chi connectivity index (χ3n) is 4.76. The second-order valence-corrected chi connectivity index (χ2v) is 6.47. The van der Waals surface area contributed by atoms with Crippen LogP contribution in [0.1, 0.15) is 45.1 Å². The van der Waals surface area contributed by atoms with Gasteiger partial charge in [-0.3, -0.25) is 4.79 Å². The molecular weight excluding hydrogens is 267 g/mol. The number of methoxy groups -OCH3 is 1. The number of carbonyl (C=O) groups is 1. The van der Waals surface area contributed by atoms with Crippen molar-refractivity contribution in [1.82, 2.24) is 0 Å². The quantitative estimate of drug-likeness (QED) is 0.803. The Kier molecular flexibility index (Phi) is 5.38. The highest BCUT2D eigenvalue weighted by atomic mass is 19.1. The minimum absolute atomic E-state index is 0.158. The third kappa shape index (κ3) is 4.05. The van der Waals surface area contributed by atoms with Crippen LogP contribution in [0.2, 0.25) is 0 Å². The number of Topliss-reactive ketones (excluding diaryl/α,β-unsaturated/α-hetero) is 1. The summed E-state index contributed by atoms with van der Waals surface area (Å²) in [7, 11) is 1.44. The molecule has 1 aromatic rings. The van der Waals surface area contributed by atoms with Gasteiger partial charge in [0.25, 0.3) is 0 Å². The zero-order valence-electron chi connectivity index (χ0n) is 13.2. The minimum Gasteiger partial charge on any atom is -0.494 e. The predicted octanol–water partition coefficient (Wildman–Crippen LogP) is 4.41. The molecule has 0 bridgehead atoms. The molecule has 0 radical (unpaired) electrons. The van der Waals surface area contributed by atoms with Crippen LogP contribution in [0, 0.1) is 23.6 Å². The number of rotatable bonds is 5. The first-order chi connectivity index (χ1) is 10.0. The van der Waals surface area contributed by atoms with Gasteiger partial charge in [0.1, 0.15) is 5.78 Å². The maximum absolute atomic E-state index is 13.6. The number of carbonyl (C=O) groups excluding carboxylic acids is 1. The maximum Gasteiger partial charge on any atom is 0.165 e. The molecule has 1 fully saturated rings. The first-order valence-corrected chi connectivity index (χ1v) is 7.86. The lowest BCUT2D eigenvalue weighted by molar-refractivity contribution is -0.123. The molecule has 1 saturated carbocycles. The summed E-state index contributed by atoms with van der Waals surface area (Å²) in [5.74, 6) is 1.70. The minimum atomic E-state index is -0.397. The van der Waals surface area contributed by atoms with Crippen molar-refractivity contribution in [2.24, 2.45) is 17.8 Å². The van der Waals surface area contributed by atoms with E-state index in [1.165, 1.54) is 13.2 Å². The van der Waals surface area contributed by atoms with Crippen molar-refractivity contribution in [3.05, 3.63) is 29.6 Å². The Hall–Kier alpha value is -1.38. The molecule has 2 nitrogen and oxygen atoms in total. The van der Waals surface area contributed by atoms with Crippen LogP contribution in [0.3, 0.4) is 0 Å². The van der Waals surface area contributed by atoms with Crippen LogP contribution in [-0.4, -0.2) is 12.9 Å². The van der Waals surface area contributed by atoms with E-state index in [0.29, 0.717) is 12.3 Å². The van der Waals surface area contributed by atoms with Gasteiger partial charge in [0.15, 0.2) is 11.6 Å². The molecule has 1 aliphatic rings. The number of hydrogen-bond acceptors (Lipinski definition) is 2. The van der Waals surface area contributed by atoms with E-state index in [-0.39, 0.29) is 17.5 Å². The van der Waals surface area contributed by atoms with Crippen molar-refractivity contribution in [1.29, 1.82) is 0 Å². The summed E-state index contributed by atoms with van der Waals surface area (Å²) >= 11 is 0. The fourth-order valence-electron chi connectivity index (χ4n) is 3.27. The van der Waals surface area contributed by atoms with Crippen LogP contribution in [-0.2, 0) is 11.2 Å². The summed E-state index contributed by atoms with van der Waals surface area (Å²) in [5, 5.41) is 0. The summed E-state index contributed by atoms with van der Waals surface area (Å²) in [6.45, 7) is 4.51. The lowest BCUT2D eigenvalue weighted by Crippen LogP contribution is -2.25. The van der Waals surface area contributed by atoms with Gasteiger partial charge in [0.05, 0.1) is 7.11 Å². The molecule has 21 heavy (non-hydrogen) atoms. The zero-order valence-corrected chi connectivity index (χ0v) is 13.2. The average Bonchev–Trinajstić information content (AvgIpc) is 2.47. The summed E-state index contributed by atoms with van der Waals surface area (Å²) in [6.07, 6.45) is 4.59. The molecule has 0 amide bonds. The highest BCUT2D eigenvalue weighted by Gasteiger charge is 2.27. The van der Waals surface area contributed by atoms with Crippen LogP contribution in [0.25, 0.3) is 0 Å². The number of hydrogen-bond donors (Lipinski definition) is 0. The highest BCUT2D eigenvalue weighted by Crippen LogP contribution is 2.34. The van der Waals surface area contributed by atoms with E-state index in [0.717, 1.165) is 37.2 Å². The summed E-state index contributed by atoms with van der Waals surface area (Å²) in [4.78, 5) is 12.4. The van der Waals surface area contributed by atoms with E-state index < -0.39 is 5.82 Å². The van der Waals surface area contributed by atoms with E-state index in [1.54, 1.807) is 12.1 Å². The molecule has 2 rings (SSSR count). The molecule has 1 aromatic carbocycles. The number of ketones is 1. The summed E-state index contributed by atoms with van der Waals surface area (Å²) in [6, 6.07) is 4.78. The first-order valence-electron chi connectivity index (χ1n) is 7.86. The van der Waals surface area contributed by atoms with Crippen molar-refractivity contribution in [3.63, 3.8) is 0 Å². The number of benzene rings is 1. The van der Waals surface area contributed by atoms with Crippen LogP contribution >= 0.6 is 0 Å². The van der Waals surface area contributed by atoms with Gasteiger partial charge in [0, 0.05) is 12.3 Å². The van der Waals surface area contributed by atoms with Gasteiger partial charge in [-0.05, 0) is 55.2 Å². The largest absolute Gasteiger partial charge is 0.494 e. The second-order valence-electron chi connectivity index (χ2n) is 6.47. The molecule has 0 unspecified atom stereocenters. The van der Waals surface area contributed by atoms with Crippen molar-refractivity contribution in [2.45, 2.75) is 46.0 Å². The van der Waals surface area contributed by atoms with Gasteiger partial charge in [-0.15, -0.1) is 0 Å². The molecule has 0 aliphatic heterocycles. The van der Waals surface area contributed by atoms with Crippen LogP contribution in [0.15, 0.2) is 18.2 Å². The van der Waals surface area contributed by atoms with Gasteiger partial charge in [0.2, 0.25) is 0 Å². The number of halogens is 1. The lowest BCUT2D eigenvalue weighted by atomic mass is 9.75. The van der Waals surface area contributed by atoms with E-state index in [4.69, 9.17) is 4.74 Å². The zero-order chi connectivity index (χ0) is 15.4. The second kappa shape index (κ2) is 7.06. The topological polar surface area (TPSA) is 26.3 Å². The third-order valence-corrected chi connectivity index (χ3v) is 4.76. The normalized spacial score (nSPS) is 22.3. The monoisotopic (exact) mass is 292 g/mol. The molecule has 3 heteroatoms. The molecule has 0 N–H and O–H groups in total. The Bertz CT molecular complexity index is 488. The molecule has 0 saturated heterocycles. The molecule has 0 atom stereocenters. The highest BCUT2D eigenvalue weighted by molar-refractivity contribution is 5.83. The van der Waals surface area contributed by atoms with Crippen molar-refractivity contribution < 1.29 is 13.9 Å². The molecule has 0 aromatic heterocycles. The van der Waals surface area contributed by atoms with E-state index >= 15 is 0 Å². The van der Waals surface area contributed by atoms with Gasteiger partial charge >= 0.3 is 0 Å². The van der Waals surface area contributed by atoms with Crippen LogP contribution in [0.5, 0.6) is 5.75 Å². The standard InChI is InChI=1S/C18H25FO2/c1-12(2)14-5-7-15(8-6-14)17(20)11-13-4-9-18(21-3)16(19)10-13/h4,9-10,12,14-15H,5-8,11H2,1-3H3. The van der Waals surface area contributed by atoms with Crippen molar-refractivity contribution in [2.75, 3.05) is 7.11 Å². The van der Waals surface area contributed by atoms with Gasteiger partial charge in [-0.1, -0.05) is 19.9 Å².